The van der Waals surface area contributed by atoms with E-state index in [9.17, 15) is 0 Å². The van der Waals surface area contributed by atoms with Gasteiger partial charge in [0.05, 0.1) is 25.5 Å². The first kappa shape index (κ1) is 13.6. The standard InChI is InChI=1S/C14H17N5O2/c1-10-6-16-19(8-10)9-11(2)15-7-13-17-14(18-21-13)12-4-3-5-20-12/h3-6,8,11,15H,7,9H2,1-2H3/t11-/m1/s1. The van der Waals surface area contributed by atoms with Gasteiger partial charge in [-0.2, -0.15) is 10.1 Å². The zero-order valence-electron chi connectivity index (χ0n) is 12.0. The molecule has 0 aliphatic carbocycles. The van der Waals surface area contributed by atoms with Crippen molar-refractivity contribution in [2.24, 2.45) is 0 Å². The monoisotopic (exact) mass is 287 g/mol. The van der Waals surface area contributed by atoms with Gasteiger partial charge < -0.3 is 14.3 Å². The van der Waals surface area contributed by atoms with E-state index in [1.807, 2.05) is 24.0 Å². The molecular weight excluding hydrogens is 270 g/mol. The van der Waals surface area contributed by atoms with Gasteiger partial charge in [0.2, 0.25) is 11.7 Å². The molecule has 3 aromatic rings. The van der Waals surface area contributed by atoms with Crippen LogP contribution in [0.3, 0.4) is 0 Å². The molecule has 0 unspecified atom stereocenters. The Morgan fingerprint density at radius 3 is 3.05 bits per heavy atom. The molecule has 0 bridgehead atoms. The second-order valence-corrected chi connectivity index (χ2v) is 5.01. The van der Waals surface area contributed by atoms with Crippen LogP contribution in [0, 0.1) is 6.92 Å². The molecule has 7 nitrogen and oxygen atoms in total. The molecule has 21 heavy (non-hydrogen) atoms. The lowest BCUT2D eigenvalue weighted by Crippen LogP contribution is -2.30. The summed E-state index contributed by atoms with van der Waals surface area (Å²) in [6, 6.07) is 3.82. The molecule has 0 saturated carbocycles. The maximum absolute atomic E-state index is 5.22. The molecular formula is C14H17N5O2. The van der Waals surface area contributed by atoms with Gasteiger partial charge in [-0.1, -0.05) is 5.16 Å². The zero-order chi connectivity index (χ0) is 14.7. The van der Waals surface area contributed by atoms with Gasteiger partial charge in [-0.05, 0) is 31.5 Å². The highest BCUT2D eigenvalue weighted by Gasteiger charge is 2.11. The quantitative estimate of drug-likeness (QED) is 0.747. The molecule has 0 radical (unpaired) electrons. The van der Waals surface area contributed by atoms with E-state index in [0.29, 0.717) is 24.0 Å². The van der Waals surface area contributed by atoms with E-state index < -0.39 is 0 Å². The maximum atomic E-state index is 5.22. The summed E-state index contributed by atoms with van der Waals surface area (Å²) in [6.45, 7) is 5.40. The van der Waals surface area contributed by atoms with Gasteiger partial charge in [0.15, 0.2) is 5.76 Å². The van der Waals surface area contributed by atoms with Crippen LogP contribution in [0.25, 0.3) is 11.6 Å². The van der Waals surface area contributed by atoms with Gasteiger partial charge in [0.1, 0.15) is 0 Å². The lowest BCUT2D eigenvalue weighted by atomic mass is 10.3. The van der Waals surface area contributed by atoms with Gasteiger partial charge in [-0.25, -0.2) is 0 Å². The molecule has 3 rings (SSSR count). The summed E-state index contributed by atoms with van der Waals surface area (Å²) in [5.41, 5.74) is 1.15. The Hall–Kier alpha value is -2.41. The van der Waals surface area contributed by atoms with Gasteiger partial charge in [0, 0.05) is 12.2 Å². The smallest absolute Gasteiger partial charge is 0.241 e. The lowest BCUT2D eigenvalue weighted by Gasteiger charge is -2.11. The van der Waals surface area contributed by atoms with E-state index in [1.165, 1.54) is 0 Å². The van der Waals surface area contributed by atoms with E-state index in [-0.39, 0.29) is 6.04 Å². The molecule has 0 aliphatic heterocycles. The van der Waals surface area contributed by atoms with Crippen LogP contribution >= 0.6 is 0 Å². The molecule has 1 atom stereocenters. The van der Waals surface area contributed by atoms with Crippen molar-refractivity contribution in [2.45, 2.75) is 33.0 Å². The van der Waals surface area contributed by atoms with Crippen LogP contribution in [0.15, 0.2) is 39.7 Å². The number of aryl methyl sites for hydroxylation is 1. The first-order valence-corrected chi connectivity index (χ1v) is 6.79. The average molecular weight is 287 g/mol. The third-order valence-electron chi connectivity index (χ3n) is 3.03. The molecule has 7 heteroatoms. The van der Waals surface area contributed by atoms with Gasteiger partial charge >= 0.3 is 0 Å². The summed E-state index contributed by atoms with van der Waals surface area (Å²) in [4.78, 5) is 4.28. The summed E-state index contributed by atoms with van der Waals surface area (Å²) in [7, 11) is 0. The van der Waals surface area contributed by atoms with Crippen LogP contribution in [-0.2, 0) is 13.1 Å². The average Bonchev–Trinajstić information content (AvgIpc) is 3.17. The first-order chi connectivity index (χ1) is 10.2. The van der Waals surface area contributed by atoms with Crippen LogP contribution < -0.4 is 5.32 Å². The Morgan fingerprint density at radius 1 is 1.43 bits per heavy atom. The topological polar surface area (TPSA) is 81.9 Å². The van der Waals surface area contributed by atoms with E-state index in [0.717, 1.165) is 12.1 Å². The molecule has 0 aromatic carbocycles. The fraction of sp³-hybridized carbons (Fsp3) is 0.357. The molecule has 1 N–H and O–H groups in total. The van der Waals surface area contributed by atoms with Crippen LogP contribution in [0.2, 0.25) is 0 Å². The van der Waals surface area contributed by atoms with Gasteiger partial charge in [0.25, 0.3) is 0 Å². The van der Waals surface area contributed by atoms with E-state index in [2.05, 4.69) is 27.5 Å². The SMILES string of the molecule is Cc1cnn(C[C@@H](C)NCc2nc(-c3ccco3)no2)c1. The third-order valence-corrected chi connectivity index (χ3v) is 3.03. The predicted octanol–water partition coefficient (Wildman–Crippen LogP) is 2.01. The number of aromatic nitrogens is 4. The van der Waals surface area contributed by atoms with E-state index in [4.69, 9.17) is 8.94 Å². The minimum absolute atomic E-state index is 0.239. The second kappa shape index (κ2) is 5.92. The van der Waals surface area contributed by atoms with Gasteiger partial charge in [-0.3, -0.25) is 4.68 Å². The molecule has 3 aromatic heterocycles. The minimum Gasteiger partial charge on any atom is -0.461 e. The van der Waals surface area contributed by atoms with Crippen molar-refractivity contribution < 1.29 is 8.94 Å². The highest BCUT2D eigenvalue weighted by atomic mass is 16.5. The molecule has 0 aliphatic rings. The molecule has 0 saturated heterocycles. The Labute approximate surface area is 122 Å². The molecule has 3 heterocycles. The lowest BCUT2D eigenvalue weighted by molar-refractivity contribution is 0.350. The Bertz CT molecular complexity index is 686. The molecule has 0 amide bonds. The minimum atomic E-state index is 0.239. The van der Waals surface area contributed by atoms with Crippen molar-refractivity contribution in [1.82, 2.24) is 25.2 Å². The number of nitrogens with one attached hydrogen (secondary N) is 1. The van der Waals surface area contributed by atoms with E-state index in [1.54, 1.807) is 18.4 Å². The number of nitrogens with zero attached hydrogens (tertiary/aromatic N) is 4. The number of hydrogen-bond donors (Lipinski definition) is 1. The summed E-state index contributed by atoms with van der Waals surface area (Å²) in [5, 5.41) is 11.5. The largest absolute Gasteiger partial charge is 0.461 e. The van der Waals surface area contributed by atoms with Crippen LogP contribution in [0.1, 0.15) is 18.4 Å². The predicted molar refractivity (Wildman–Crippen MR) is 75.3 cm³/mol. The van der Waals surface area contributed by atoms with Crippen LogP contribution in [0.4, 0.5) is 0 Å². The fourth-order valence-electron chi connectivity index (χ4n) is 2.01. The Balaban J connectivity index is 1.53. The van der Waals surface area contributed by atoms with Crippen molar-refractivity contribution >= 4 is 0 Å². The number of rotatable bonds is 6. The van der Waals surface area contributed by atoms with Crippen LogP contribution in [0.5, 0.6) is 0 Å². The highest BCUT2D eigenvalue weighted by molar-refractivity contribution is 5.44. The summed E-state index contributed by atoms with van der Waals surface area (Å²) < 4.78 is 12.3. The molecule has 0 fully saturated rings. The van der Waals surface area contributed by atoms with Crippen molar-refractivity contribution in [3.8, 4) is 11.6 Å². The number of hydrogen-bond acceptors (Lipinski definition) is 6. The van der Waals surface area contributed by atoms with Crippen molar-refractivity contribution in [3.05, 3.63) is 42.2 Å². The normalized spacial score (nSPS) is 12.7. The maximum Gasteiger partial charge on any atom is 0.241 e. The highest BCUT2D eigenvalue weighted by Crippen LogP contribution is 2.15. The van der Waals surface area contributed by atoms with Crippen molar-refractivity contribution in [3.63, 3.8) is 0 Å². The second-order valence-electron chi connectivity index (χ2n) is 5.01. The third kappa shape index (κ3) is 3.38. The summed E-state index contributed by atoms with van der Waals surface area (Å²) in [5.74, 6) is 1.60. The Kier molecular flexibility index (Phi) is 3.83. The first-order valence-electron chi connectivity index (χ1n) is 6.79. The summed E-state index contributed by atoms with van der Waals surface area (Å²) >= 11 is 0. The van der Waals surface area contributed by atoms with Gasteiger partial charge in [-0.15, -0.1) is 0 Å². The van der Waals surface area contributed by atoms with Crippen LogP contribution in [-0.4, -0.2) is 26.0 Å². The van der Waals surface area contributed by atoms with Crippen molar-refractivity contribution in [2.75, 3.05) is 0 Å². The summed E-state index contributed by atoms with van der Waals surface area (Å²) in [6.07, 6.45) is 5.44. The Morgan fingerprint density at radius 2 is 2.33 bits per heavy atom. The number of furan rings is 1. The van der Waals surface area contributed by atoms with Crippen molar-refractivity contribution in [1.29, 1.82) is 0 Å². The zero-order valence-corrected chi connectivity index (χ0v) is 12.0. The fourth-order valence-corrected chi connectivity index (χ4v) is 2.01. The van der Waals surface area contributed by atoms with E-state index >= 15 is 0 Å². The molecule has 110 valence electrons. The molecule has 0 spiro atoms.